The van der Waals surface area contributed by atoms with E-state index in [-0.39, 0.29) is 42.2 Å². The lowest BCUT2D eigenvalue weighted by atomic mass is 9.81. The number of nitrogens with one attached hydrogen (secondary N) is 2. The second-order valence-corrected chi connectivity index (χ2v) is 6.24. The highest BCUT2D eigenvalue weighted by molar-refractivity contribution is 5.85. The minimum atomic E-state index is -0.361. The summed E-state index contributed by atoms with van der Waals surface area (Å²) in [5.41, 5.74) is 0. The number of hydrogen-bond donors (Lipinski definition) is 2. The first kappa shape index (κ1) is 18.8. The van der Waals surface area contributed by atoms with Crippen LogP contribution in [0.5, 0.6) is 11.5 Å². The molecule has 1 aromatic carbocycles. The fourth-order valence-corrected chi connectivity index (χ4v) is 3.08. The van der Waals surface area contributed by atoms with Crippen LogP contribution in [0.25, 0.3) is 0 Å². The summed E-state index contributed by atoms with van der Waals surface area (Å²) in [7, 11) is 1.52. The molecule has 1 saturated carbocycles. The second-order valence-electron chi connectivity index (χ2n) is 6.24. The van der Waals surface area contributed by atoms with E-state index in [9.17, 15) is 9.18 Å². The third kappa shape index (κ3) is 4.51. The number of rotatable bonds is 5. The molecule has 2 fully saturated rings. The second kappa shape index (κ2) is 8.53. The van der Waals surface area contributed by atoms with Crippen LogP contribution in [0, 0.1) is 11.7 Å². The first-order valence-electron chi connectivity index (χ1n) is 8.17. The first-order chi connectivity index (χ1) is 11.2. The third-order valence-corrected chi connectivity index (χ3v) is 4.57. The summed E-state index contributed by atoms with van der Waals surface area (Å²) in [5, 5.41) is 6.40. The molecule has 0 atom stereocenters. The zero-order valence-electron chi connectivity index (χ0n) is 13.7. The summed E-state index contributed by atoms with van der Waals surface area (Å²) < 4.78 is 24.3. The van der Waals surface area contributed by atoms with E-state index < -0.39 is 0 Å². The molecule has 3 rings (SSSR count). The summed E-state index contributed by atoms with van der Waals surface area (Å²) >= 11 is 0. The van der Waals surface area contributed by atoms with Crippen LogP contribution in [0.3, 0.4) is 0 Å². The maximum Gasteiger partial charge on any atom is 0.223 e. The van der Waals surface area contributed by atoms with Gasteiger partial charge in [0, 0.05) is 18.0 Å². The van der Waals surface area contributed by atoms with Crippen molar-refractivity contribution >= 4 is 18.3 Å². The van der Waals surface area contributed by atoms with Crippen LogP contribution in [0.1, 0.15) is 25.7 Å². The number of benzene rings is 1. The highest BCUT2D eigenvalue weighted by atomic mass is 35.5. The molecule has 5 nitrogen and oxygen atoms in total. The summed E-state index contributed by atoms with van der Waals surface area (Å²) in [6.45, 7) is 1.92. The monoisotopic (exact) mass is 358 g/mol. The first-order valence-corrected chi connectivity index (χ1v) is 8.17. The fourth-order valence-electron chi connectivity index (χ4n) is 3.08. The zero-order valence-corrected chi connectivity index (χ0v) is 14.5. The average Bonchev–Trinajstić information content (AvgIpc) is 2.51. The van der Waals surface area contributed by atoms with Gasteiger partial charge in [0.05, 0.1) is 7.11 Å². The molecule has 0 radical (unpaired) electrons. The Balaban J connectivity index is 0.00000208. The normalized spacial score (nSPS) is 23.6. The topological polar surface area (TPSA) is 59.6 Å². The number of ether oxygens (including phenoxy) is 2. The standard InChI is InChI=1S/C17H23FN2O3.ClH/c1-22-15-3-2-12(18)10-16(15)23-14-8-11(9-14)17(21)20-13-4-6-19-7-5-13;/h2-3,10-11,13-14,19H,4-9H2,1H3,(H,20,21);1H. The molecular weight excluding hydrogens is 335 g/mol. The van der Waals surface area contributed by atoms with E-state index in [1.54, 1.807) is 6.07 Å². The Morgan fingerprint density at radius 3 is 2.62 bits per heavy atom. The van der Waals surface area contributed by atoms with Crippen molar-refractivity contribution in [3.05, 3.63) is 24.0 Å². The van der Waals surface area contributed by atoms with Crippen molar-refractivity contribution in [3.8, 4) is 11.5 Å². The van der Waals surface area contributed by atoms with Gasteiger partial charge in [-0.05, 0) is 50.9 Å². The van der Waals surface area contributed by atoms with Crippen LogP contribution in [-0.2, 0) is 4.79 Å². The van der Waals surface area contributed by atoms with E-state index in [1.807, 2.05) is 0 Å². The van der Waals surface area contributed by atoms with Crippen molar-refractivity contribution < 1.29 is 18.7 Å². The molecular formula is C17H24ClFN2O3. The number of amides is 1. The van der Waals surface area contributed by atoms with Crippen molar-refractivity contribution in [3.63, 3.8) is 0 Å². The Bertz CT molecular complexity index is 561. The molecule has 2 N–H and O–H groups in total. The molecule has 1 aromatic rings. The molecule has 0 aromatic heterocycles. The average molecular weight is 359 g/mol. The van der Waals surface area contributed by atoms with Crippen molar-refractivity contribution in [2.45, 2.75) is 37.8 Å². The van der Waals surface area contributed by atoms with Gasteiger partial charge < -0.3 is 20.1 Å². The van der Waals surface area contributed by atoms with E-state index >= 15 is 0 Å². The number of carbonyl (C=O) groups is 1. The molecule has 2 aliphatic rings. The van der Waals surface area contributed by atoms with Crippen molar-refractivity contribution in [2.24, 2.45) is 5.92 Å². The van der Waals surface area contributed by atoms with E-state index in [4.69, 9.17) is 9.47 Å². The predicted octanol–water partition coefficient (Wildman–Crippen LogP) is 2.28. The van der Waals surface area contributed by atoms with Gasteiger partial charge in [0.15, 0.2) is 11.5 Å². The van der Waals surface area contributed by atoms with Crippen LogP contribution in [-0.4, -0.2) is 38.3 Å². The summed E-state index contributed by atoms with van der Waals surface area (Å²) in [6, 6.07) is 4.49. The lowest BCUT2D eigenvalue weighted by molar-refractivity contribution is -0.131. The number of hydrogen-bond acceptors (Lipinski definition) is 4. The van der Waals surface area contributed by atoms with E-state index in [0.717, 1.165) is 25.9 Å². The van der Waals surface area contributed by atoms with Gasteiger partial charge in [0.25, 0.3) is 0 Å². The molecule has 134 valence electrons. The van der Waals surface area contributed by atoms with Crippen LogP contribution in [0.4, 0.5) is 4.39 Å². The molecule has 7 heteroatoms. The van der Waals surface area contributed by atoms with Crippen LogP contribution >= 0.6 is 12.4 Å². The van der Waals surface area contributed by atoms with Gasteiger partial charge in [0.2, 0.25) is 5.91 Å². The lowest BCUT2D eigenvalue weighted by Crippen LogP contribution is -2.49. The number of carbonyl (C=O) groups excluding carboxylic acids is 1. The molecule has 1 heterocycles. The van der Waals surface area contributed by atoms with Crippen LogP contribution in [0.15, 0.2) is 18.2 Å². The maximum absolute atomic E-state index is 13.3. The van der Waals surface area contributed by atoms with E-state index in [1.165, 1.54) is 19.2 Å². The van der Waals surface area contributed by atoms with Crippen LogP contribution < -0.4 is 20.1 Å². The quantitative estimate of drug-likeness (QED) is 0.847. The maximum atomic E-state index is 13.3. The molecule has 0 bridgehead atoms. The van der Waals surface area contributed by atoms with Crippen molar-refractivity contribution in [1.82, 2.24) is 10.6 Å². The molecule has 1 aliphatic carbocycles. The number of piperidine rings is 1. The molecule has 0 spiro atoms. The minimum Gasteiger partial charge on any atom is -0.493 e. The number of halogens is 2. The van der Waals surface area contributed by atoms with Gasteiger partial charge in [-0.2, -0.15) is 0 Å². The van der Waals surface area contributed by atoms with Crippen LogP contribution in [0.2, 0.25) is 0 Å². The summed E-state index contributed by atoms with van der Waals surface area (Å²) in [6.07, 6.45) is 3.24. The number of methoxy groups -OCH3 is 1. The lowest BCUT2D eigenvalue weighted by Gasteiger charge is -2.36. The summed E-state index contributed by atoms with van der Waals surface area (Å²) in [5.74, 6) is 0.654. The fraction of sp³-hybridized carbons (Fsp3) is 0.588. The largest absolute Gasteiger partial charge is 0.493 e. The molecule has 1 saturated heterocycles. The van der Waals surface area contributed by atoms with Crippen molar-refractivity contribution in [1.29, 1.82) is 0 Å². The minimum absolute atomic E-state index is 0. The van der Waals surface area contributed by atoms with Gasteiger partial charge in [-0.15, -0.1) is 12.4 Å². The van der Waals surface area contributed by atoms with Gasteiger partial charge in [0.1, 0.15) is 11.9 Å². The molecule has 1 amide bonds. The highest BCUT2D eigenvalue weighted by Crippen LogP contribution is 2.35. The van der Waals surface area contributed by atoms with Gasteiger partial charge in [-0.3, -0.25) is 4.79 Å². The molecule has 1 aliphatic heterocycles. The smallest absolute Gasteiger partial charge is 0.223 e. The Kier molecular flexibility index (Phi) is 6.69. The predicted molar refractivity (Wildman–Crippen MR) is 91.4 cm³/mol. The van der Waals surface area contributed by atoms with E-state index in [2.05, 4.69) is 10.6 Å². The third-order valence-electron chi connectivity index (χ3n) is 4.57. The Hall–Kier alpha value is -1.53. The van der Waals surface area contributed by atoms with Gasteiger partial charge >= 0.3 is 0 Å². The Morgan fingerprint density at radius 1 is 1.25 bits per heavy atom. The zero-order chi connectivity index (χ0) is 16.2. The van der Waals surface area contributed by atoms with Gasteiger partial charge in [-0.1, -0.05) is 0 Å². The van der Waals surface area contributed by atoms with Crippen molar-refractivity contribution in [2.75, 3.05) is 20.2 Å². The van der Waals surface area contributed by atoms with E-state index in [0.29, 0.717) is 24.3 Å². The van der Waals surface area contributed by atoms with Gasteiger partial charge in [-0.25, -0.2) is 4.39 Å². The Labute approximate surface area is 147 Å². The molecule has 0 unspecified atom stereocenters. The summed E-state index contributed by atoms with van der Waals surface area (Å²) in [4.78, 5) is 12.2. The molecule has 24 heavy (non-hydrogen) atoms. The highest BCUT2D eigenvalue weighted by Gasteiger charge is 2.37. The Morgan fingerprint density at radius 2 is 1.96 bits per heavy atom. The SMILES string of the molecule is COc1ccc(F)cc1OC1CC(C(=O)NC2CCNCC2)C1.Cl.